The number of benzene rings is 2. The van der Waals surface area contributed by atoms with Crippen LogP contribution in [0.15, 0.2) is 66.9 Å². The van der Waals surface area contributed by atoms with E-state index in [2.05, 4.69) is 33.4 Å². The van der Waals surface area contributed by atoms with Crippen molar-refractivity contribution in [2.75, 3.05) is 18.0 Å². The Labute approximate surface area is 147 Å². The van der Waals surface area contributed by atoms with Crippen molar-refractivity contribution in [3.05, 3.63) is 72.4 Å². The molecular formula is C21H21N3O. The molecule has 1 aromatic heterocycles. The number of anilines is 1. The van der Waals surface area contributed by atoms with Crippen molar-refractivity contribution in [2.24, 2.45) is 0 Å². The van der Waals surface area contributed by atoms with Crippen LogP contribution in [0.2, 0.25) is 0 Å². The van der Waals surface area contributed by atoms with Crippen LogP contribution in [0.25, 0.3) is 10.8 Å². The summed E-state index contributed by atoms with van der Waals surface area (Å²) in [6.07, 6.45) is 3.18. The van der Waals surface area contributed by atoms with Crippen LogP contribution in [0, 0.1) is 0 Å². The second kappa shape index (κ2) is 6.93. The third-order valence-corrected chi connectivity index (χ3v) is 4.76. The molecule has 1 aliphatic rings. The molecule has 0 saturated carbocycles. The van der Waals surface area contributed by atoms with Gasteiger partial charge in [-0.2, -0.15) is 0 Å². The average Bonchev–Trinajstić information content (AvgIpc) is 3.11. The molecule has 1 saturated heterocycles. The topological polar surface area (TPSA) is 45.2 Å². The van der Waals surface area contributed by atoms with Gasteiger partial charge in [-0.05, 0) is 34.9 Å². The van der Waals surface area contributed by atoms with E-state index in [1.807, 2.05) is 48.7 Å². The van der Waals surface area contributed by atoms with E-state index in [4.69, 9.17) is 0 Å². The van der Waals surface area contributed by atoms with Gasteiger partial charge in [0.2, 0.25) is 5.91 Å². The van der Waals surface area contributed by atoms with E-state index < -0.39 is 0 Å². The lowest BCUT2D eigenvalue weighted by molar-refractivity contribution is -0.121. The minimum atomic E-state index is 0.0872. The fraction of sp³-hybridized carbons (Fsp3) is 0.238. The molecule has 0 bridgehead atoms. The molecule has 25 heavy (non-hydrogen) atoms. The van der Waals surface area contributed by atoms with Gasteiger partial charge in [-0.1, -0.05) is 48.5 Å². The van der Waals surface area contributed by atoms with Crippen molar-refractivity contribution in [3.8, 4) is 0 Å². The van der Waals surface area contributed by atoms with Crippen molar-refractivity contribution >= 4 is 22.5 Å². The van der Waals surface area contributed by atoms with E-state index >= 15 is 0 Å². The van der Waals surface area contributed by atoms with Crippen LogP contribution in [0.4, 0.5) is 5.82 Å². The summed E-state index contributed by atoms with van der Waals surface area (Å²) in [6.45, 7) is 1.74. The number of nitrogens with zero attached hydrogens (tertiary/aromatic N) is 2. The summed E-state index contributed by atoms with van der Waals surface area (Å²) in [5.74, 6) is 1.07. The van der Waals surface area contributed by atoms with Crippen molar-refractivity contribution in [3.63, 3.8) is 0 Å². The molecule has 2 heterocycles. The Hall–Kier alpha value is -2.88. The predicted octanol–water partition coefficient (Wildman–Crippen LogP) is 3.17. The molecule has 0 spiro atoms. The first-order valence-electron chi connectivity index (χ1n) is 8.71. The number of aromatic nitrogens is 1. The molecule has 1 aliphatic heterocycles. The summed E-state index contributed by atoms with van der Waals surface area (Å²) >= 11 is 0. The molecule has 1 atom stereocenters. The summed E-state index contributed by atoms with van der Waals surface area (Å²) in [5.41, 5.74) is 1.08. The standard InChI is InChI=1S/C21H21N3O/c25-21(14-17-8-5-7-16-6-1-2-9-19(16)17)23-18-11-13-24(15-18)20-10-3-4-12-22-20/h1-10,12,18H,11,13-15H2,(H,23,25). The highest BCUT2D eigenvalue weighted by Gasteiger charge is 2.24. The molecule has 4 nitrogen and oxygen atoms in total. The second-order valence-electron chi connectivity index (χ2n) is 6.50. The Morgan fingerprint density at radius 3 is 2.80 bits per heavy atom. The first-order valence-corrected chi connectivity index (χ1v) is 8.71. The van der Waals surface area contributed by atoms with Crippen LogP contribution < -0.4 is 10.2 Å². The predicted molar refractivity (Wildman–Crippen MR) is 101 cm³/mol. The van der Waals surface area contributed by atoms with Crippen molar-refractivity contribution in [2.45, 2.75) is 18.9 Å². The van der Waals surface area contributed by atoms with E-state index in [-0.39, 0.29) is 11.9 Å². The number of carbonyl (C=O) groups is 1. The molecule has 3 aromatic rings. The average molecular weight is 331 g/mol. The summed E-state index contributed by atoms with van der Waals surface area (Å²) < 4.78 is 0. The van der Waals surface area contributed by atoms with E-state index in [1.54, 1.807) is 0 Å². The zero-order chi connectivity index (χ0) is 17.1. The number of carbonyl (C=O) groups excluding carboxylic acids is 1. The Morgan fingerprint density at radius 2 is 1.92 bits per heavy atom. The van der Waals surface area contributed by atoms with Gasteiger partial charge in [-0.25, -0.2) is 4.98 Å². The fourth-order valence-corrected chi connectivity index (χ4v) is 3.53. The first kappa shape index (κ1) is 15.6. The number of hydrogen-bond donors (Lipinski definition) is 1. The van der Waals surface area contributed by atoms with Gasteiger partial charge in [0.1, 0.15) is 5.82 Å². The minimum Gasteiger partial charge on any atom is -0.354 e. The van der Waals surface area contributed by atoms with Gasteiger partial charge in [-0.3, -0.25) is 4.79 Å². The molecule has 1 amide bonds. The molecule has 4 heteroatoms. The smallest absolute Gasteiger partial charge is 0.224 e. The summed E-state index contributed by atoms with van der Waals surface area (Å²) in [5, 5.41) is 5.51. The maximum atomic E-state index is 12.5. The van der Waals surface area contributed by atoms with Gasteiger partial charge in [0.05, 0.1) is 6.42 Å². The lowest BCUT2D eigenvalue weighted by atomic mass is 10.0. The molecule has 2 aromatic carbocycles. The molecule has 126 valence electrons. The van der Waals surface area contributed by atoms with Gasteiger partial charge in [0.25, 0.3) is 0 Å². The fourth-order valence-electron chi connectivity index (χ4n) is 3.53. The van der Waals surface area contributed by atoms with Gasteiger partial charge in [-0.15, -0.1) is 0 Å². The van der Waals surface area contributed by atoms with Crippen LogP contribution in [0.3, 0.4) is 0 Å². The van der Waals surface area contributed by atoms with Crippen LogP contribution in [0.1, 0.15) is 12.0 Å². The number of pyridine rings is 1. The zero-order valence-corrected chi connectivity index (χ0v) is 14.1. The maximum absolute atomic E-state index is 12.5. The molecule has 1 N–H and O–H groups in total. The van der Waals surface area contributed by atoms with E-state index in [0.29, 0.717) is 6.42 Å². The van der Waals surface area contributed by atoms with Crippen LogP contribution in [-0.2, 0) is 11.2 Å². The molecule has 0 aliphatic carbocycles. The summed E-state index contributed by atoms with van der Waals surface area (Å²) in [7, 11) is 0. The maximum Gasteiger partial charge on any atom is 0.224 e. The van der Waals surface area contributed by atoms with E-state index in [1.165, 1.54) is 5.39 Å². The largest absolute Gasteiger partial charge is 0.354 e. The van der Waals surface area contributed by atoms with Crippen LogP contribution >= 0.6 is 0 Å². The SMILES string of the molecule is O=C(Cc1cccc2ccccc12)NC1CCN(c2ccccn2)C1. The number of nitrogens with one attached hydrogen (secondary N) is 1. The van der Waals surface area contributed by atoms with Crippen LogP contribution in [0.5, 0.6) is 0 Å². The molecule has 4 rings (SSSR count). The highest BCUT2D eigenvalue weighted by atomic mass is 16.1. The Balaban J connectivity index is 1.39. The highest BCUT2D eigenvalue weighted by molar-refractivity contribution is 5.90. The monoisotopic (exact) mass is 331 g/mol. The van der Waals surface area contributed by atoms with E-state index in [0.717, 1.165) is 36.3 Å². The molecule has 1 unspecified atom stereocenters. The number of fused-ring (bicyclic) bond motifs is 1. The van der Waals surface area contributed by atoms with Gasteiger partial charge >= 0.3 is 0 Å². The first-order chi connectivity index (χ1) is 12.3. The van der Waals surface area contributed by atoms with Crippen molar-refractivity contribution in [1.29, 1.82) is 0 Å². The molecular weight excluding hydrogens is 310 g/mol. The van der Waals surface area contributed by atoms with Gasteiger partial charge < -0.3 is 10.2 Å². The lowest BCUT2D eigenvalue weighted by Crippen LogP contribution is -2.38. The highest BCUT2D eigenvalue weighted by Crippen LogP contribution is 2.20. The number of amides is 1. The summed E-state index contributed by atoms with van der Waals surface area (Å²) in [6, 6.07) is 20.5. The molecule has 0 radical (unpaired) electrons. The van der Waals surface area contributed by atoms with Gasteiger partial charge in [0, 0.05) is 25.3 Å². The lowest BCUT2D eigenvalue weighted by Gasteiger charge is -2.18. The Kier molecular flexibility index (Phi) is 4.34. The third-order valence-electron chi connectivity index (χ3n) is 4.76. The number of hydrogen-bond acceptors (Lipinski definition) is 3. The minimum absolute atomic E-state index is 0.0872. The third kappa shape index (κ3) is 3.48. The van der Waals surface area contributed by atoms with Crippen LogP contribution in [-0.4, -0.2) is 30.0 Å². The summed E-state index contributed by atoms with van der Waals surface area (Å²) in [4.78, 5) is 19.1. The Bertz CT molecular complexity index is 873. The quantitative estimate of drug-likeness (QED) is 0.799. The van der Waals surface area contributed by atoms with Crippen molar-refractivity contribution in [1.82, 2.24) is 10.3 Å². The van der Waals surface area contributed by atoms with E-state index in [9.17, 15) is 4.79 Å². The zero-order valence-electron chi connectivity index (χ0n) is 14.1. The normalized spacial score (nSPS) is 17.0. The number of rotatable bonds is 4. The Morgan fingerprint density at radius 1 is 1.08 bits per heavy atom. The molecule has 1 fully saturated rings. The second-order valence-corrected chi connectivity index (χ2v) is 6.50. The van der Waals surface area contributed by atoms with Gasteiger partial charge in [0.15, 0.2) is 0 Å². The van der Waals surface area contributed by atoms with Crippen molar-refractivity contribution < 1.29 is 4.79 Å².